The molecule has 6 nitrogen and oxygen atoms in total. The third-order valence-electron chi connectivity index (χ3n) is 1.89. The summed E-state index contributed by atoms with van der Waals surface area (Å²) in [5.74, 6) is 1.19. The predicted octanol–water partition coefficient (Wildman–Crippen LogP) is 1.22. The zero-order valence-corrected chi connectivity index (χ0v) is 11.6. The van der Waals surface area contributed by atoms with Gasteiger partial charge in [-0.2, -0.15) is 0 Å². The van der Waals surface area contributed by atoms with Gasteiger partial charge in [-0.25, -0.2) is 9.97 Å². The third kappa shape index (κ3) is 4.18. The Bertz CT molecular complexity index is 396. The summed E-state index contributed by atoms with van der Waals surface area (Å²) in [6, 6.07) is 0.131. The van der Waals surface area contributed by atoms with E-state index in [4.69, 9.17) is 0 Å². The molecule has 0 bridgehead atoms. The van der Waals surface area contributed by atoms with Gasteiger partial charge in [0.2, 0.25) is 5.91 Å². The molecule has 1 amide bonds. The summed E-state index contributed by atoms with van der Waals surface area (Å²) in [6.45, 7) is 4.01. The average Bonchev–Trinajstić information content (AvgIpc) is 2.27. The fourth-order valence-electron chi connectivity index (χ4n) is 1.20. The van der Waals surface area contributed by atoms with Crippen molar-refractivity contribution >= 4 is 33.5 Å². The maximum Gasteiger partial charge on any atom is 0.239 e. The minimum Gasteiger partial charge on any atom is -0.372 e. The molecular weight excluding hydrogens is 286 g/mol. The van der Waals surface area contributed by atoms with Crippen LogP contribution in [-0.2, 0) is 4.79 Å². The summed E-state index contributed by atoms with van der Waals surface area (Å²) in [5, 5.41) is 8.64. The first kappa shape index (κ1) is 13.7. The second kappa shape index (κ2) is 6.39. The fourth-order valence-corrected chi connectivity index (χ4v) is 1.75. The number of carbonyl (C=O) groups excluding carboxylic acids is 1. The lowest BCUT2D eigenvalue weighted by molar-refractivity contribution is -0.119. The number of carbonyl (C=O) groups is 1. The van der Waals surface area contributed by atoms with Crippen LogP contribution in [0.15, 0.2) is 10.8 Å². The van der Waals surface area contributed by atoms with E-state index in [-0.39, 0.29) is 18.5 Å². The monoisotopic (exact) mass is 301 g/mol. The van der Waals surface area contributed by atoms with Crippen molar-refractivity contribution in [1.82, 2.24) is 15.3 Å². The largest absolute Gasteiger partial charge is 0.372 e. The number of aromatic nitrogens is 2. The summed E-state index contributed by atoms with van der Waals surface area (Å²) < 4.78 is 0.708. The Morgan fingerprint density at radius 2 is 2.06 bits per heavy atom. The molecule has 3 N–H and O–H groups in total. The van der Waals surface area contributed by atoms with E-state index < -0.39 is 0 Å². The van der Waals surface area contributed by atoms with Crippen LogP contribution in [-0.4, -0.2) is 35.5 Å². The van der Waals surface area contributed by atoms with Crippen molar-refractivity contribution in [3.05, 3.63) is 10.8 Å². The molecule has 0 aliphatic heterocycles. The maximum absolute atomic E-state index is 11.4. The molecule has 0 aliphatic carbocycles. The van der Waals surface area contributed by atoms with Crippen LogP contribution >= 0.6 is 15.9 Å². The SMILES string of the molecule is CNc1ncnc(NCC(=O)NC(C)C)c1Br. The van der Waals surface area contributed by atoms with E-state index in [1.807, 2.05) is 13.8 Å². The first-order chi connectivity index (χ1) is 8.04. The van der Waals surface area contributed by atoms with Crippen LogP contribution in [0.25, 0.3) is 0 Å². The van der Waals surface area contributed by atoms with Crippen LogP contribution in [0.5, 0.6) is 0 Å². The molecule has 7 heteroatoms. The van der Waals surface area contributed by atoms with Crippen molar-refractivity contribution in [2.24, 2.45) is 0 Å². The quantitative estimate of drug-likeness (QED) is 0.762. The minimum absolute atomic E-state index is 0.0727. The summed E-state index contributed by atoms with van der Waals surface area (Å²) in [7, 11) is 1.77. The molecule has 1 rings (SSSR count). The third-order valence-corrected chi connectivity index (χ3v) is 2.64. The highest BCUT2D eigenvalue weighted by Gasteiger charge is 2.09. The van der Waals surface area contributed by atoms with E-state index >= 15 is 0 Å². The predicted molar refractivity (Wildman–Crippen MR) is 71.0 cm³/mol. The highest BCUT2D eigenvalue weighted by molar-refractivity contribution is 9.10. The maximum atomic E-state index is 11.4. The van der Waals surface area contributed by atoms with Crippen molar-refractivity contribution in [1.29, 1.82) is 0 Å². The second-order valence-electron chi connectivity index (χ2n) is 3.71. The second-order valence-corrected chi connectivity index (χ2v) is 4.50. The van der Waals surface area contributed by atoms with Crippen molar-refractivity contribution in [3.63, 3.8) is 0 Å². The lowest BCUT2D eigenvalue weighted by Crippen LogP contribution is -2.35. The zero-order valence-electron chi connectivity index (χ0n) is 10.0. The van der Waals surface area contributed by atoms with Gasteiger partial charge in [-0.1, -0.05) is 0 Å². The van der Waals surface area contributed by atoms with Crippen LogP contribution in [0.3, 0.4) is 0 Å². The van der Waals surface area contributed by atoms with Gasteiger partial charge in [-0.15, -0.1) is 0 Å². The fraction of sp³-hybridized carbons (Fsp3) is 0.500. The first-order valence-corrected chi connectivity index (χ1v) is 6.05. The molecule has 0 saturated carbocycles. The van der Waals surface area contributed by atoms with Gasteiger partial charge in [0, 0.05) is 13.1 Å². The first-order valence-electron chi connectivity index (χ1n) is 5.26. The highest BCUT2D eigenvalue weighted by atomic mass is 79.9. The average molecular weight is 302 g/mol. The number of halogens is 1. The summed E-state index contributed by atoms with van der Waals surface area (Å²) in [5.41, 5.74) is 0. The minimum atomic E-state index is -0.0727. The van der Waals surface area contributed by atoms with E-state index in [9.17, 15) is 4.79 Å². The molecule has 94 valence electrons. The van der Waals surface area contributed by atoms with E-state index in [0.29, 0.717) is 16.1 Å². The van der Waals surface area contributed by atoms with Gasteiger partial charge in [0.15, 0.2) is 0 Å². The number of hydrogen-bond donors (Lipinski definition) is 3. The highest BCUT2D eigenvalue weighted by Crippen LogP contribution is 2.25. The van der Waals surface area contributed by atoms with E-state index in [1.54, 1.807) is 7.05 Å². The molecule has 1 heterocycles. The lowest BCUT2D eigenvalue weighted by atomic mass is 10.4. The van der Waals surface area contributed by atoms with Crippen molar-refractivity contribution < 1.29 is 4.79 Å². The Kier molecular flexibility index (Phi) is 5.14. The smallest absolute Gasteiger partial charge is 0.239 e. The number of hydrogen-bond acceptors (Lipinski definition) is 5. The molecule has 0 spiro atoms. The normalized spacial score (nSPS) is 10.2. The van der Waals surface area contributed by atoms with Gasteiger partial charge in [-0.3, -0.25) is 4.79 Å². The van der Waals surface area contributed by atoms with Gasteiger partial charge < -0.3 is 16.0 Å². The van der Waals surface area contributed by atoms with Crippen LogP contribution in [0.2, 0.25) is 0 Å². The molecule has 0 atom stereocenters. The number of amides is 1. The molecule has 0 aliphatic rings. The Balaban J connectivity index is 2.60. The molecule has 1 aromatic heterocycles. The topological polar surface area (TPSA) is 78.9 Å². The van der Waals surface area contributed by atoms with Crippen molar-refractivity contribution in [3.8, 4) is 0 Å². The van der Waals surface area contributed by atoms with Crippen LogP contribution in [0.4, 0.5) is 11.6 Å². The summed E-state index contributed by atoms with van der Waals surface area (Å²) in [6.07, 6.45) is 1.43. The van der Waals surface area contributed by atoms with Gasteiger partial charge >= 0.3 is 0 Å². The van der Waals surface area contributed by atoms with E-state index in [0.717, 1.165) is 0 Å². The van der Waals surface area contributed by atoms with Gasteiger partial charge in [-0.05, 0) is 29.8 Å². The van der Waals surface area contributed by atoms with Gasteiger partial charge in [0.25, 0.3) is 0 Å². The van der Waals surface area contributed by atoms with Crippen molar-refractivity contribution in [2.75, 3.05) is 24.2 Å². The Morgan fingerprint density at radius 1 is 1.41 bits per heavy atom. The van der Waals surface area contributed by atoms with Crippen molar-refractivity contribution in [2.45, 2.75) is 19.9 Å². The summed E-state index contributed by atoms with van der Waals surface area (Å²) >= 11 is 3.36. The number of rotatable bonds is 5. The molecule has 0 unspecified atom stereocenters. The van der Waals surface area contributed by atoms with Crippen LogP contribution in [0, 0.1) is 0 Å². The molecular formula is C10H16BrN5O. The number of anilines is 2. The number of nitrogens with zero attached hydrogens (tertiary/aromatic N) is 2. The molecule has 0 saturated heterocycles. The Labute approximate surface area is 109 Å². The molecule has 1 aromatic rings. The van der Waals surface area contributed by atoms with Gasteiger partial charge in [0.05, 0.1) is 6.54 Å². The van der Waals surface area contributed by atoms with Crippen LogP contribution in [0.1, 0.15) is 13.8 Å². The molecule has 0 aromatic carbocycles. The Hall–Kier alpha value is -1.37. The van der Waals surface area contributed by atoms with E-state index in [2.05, 4.69) is 41.8 Å². The standard InChI is InChI=1S/C10H16BrN5O/c1-6(2)16-7(17)4-13-10-8(11)9(12-3)14-5-15-10/h5-6H,4H2,1-3H3,(H,16,17)(H2,12,13,14,15). The van der Waals surface area contributed by atoms with Crippen LogP contribution < -0.4 is 16.0 Å². The molecule has 17 heavy (non-hydrogen) atoms. The zero-order chi connectivity index (χ0) is 12.8. The summed E-state index contributed by atoms with van der Waals surface area (Å²) in [4.78, 5) is 19.5. The van der Waals surface area contributed by atoms with Gasteiger partial charge in [0.1, 0.15) is 22.4 Å². The molecule has 0 fully saturated rings. The lowest BCUT2D eigenvalue weighted by Gasteiger charge is -2.11. The Morgan fingerprint density at radius 3 is 2.65 bits per heavy atom. The van der Waals surface area contributed by atoms with E-state index in [1.165, 1.54) is 6.33 Å². The molecule has 0 radical (unpaired) electrons. The number of nitrogens with one attached hydrogen (secondary N) is 3.